The van der Waals surface area contributed by atoms with Gasteiger partial charge in [0, 0.05) is 18.2 Å². The van der Waals surface area contributed by atoms with Crippen molar-refractivity contribution >= 4 is 11.4 Å². The van der Waals surface area contributed by atoms with Crippen LogP contribution >= 0.6 is 0 Å². The average molecular weight is 370 g/mol. The molecular formula is C19H22N4O4. The Morgan fingerprint density at radius 3 is 2.52 bits per heavy atom. The number of nitrogens with zero attached hydrogens (tertiary/aromatic N) is 4. The minimum absolute atomic E-state index is 0.00167. The standard InChI is InChI=1S/C19H22N4O4/c1-11(2)10-23-18(24)14(9-20)12(3)17(19(23)25)22-21-15-8-13(26-4)6-7-16(15)27-5/h6-8,11,24H,10H2,1-5H3. The van der Waals surface area contributed by atoms with Gasteiger partial charge in [0.2, 0.25) is 5.88 Å². The van der Waals surface area contributed by atoms with E-state index in [0.29, 0.717) is 17.2 Å². The van der Waals surface area contributed by atoms with Crippen LogP contribution in [0.4, 0.5) is 11.4 Å². The Morgan fingerprint density at radius 1 is 1.26 bits per heavy atom. The predicted octanol–water partition coefficient (Wildman–Crippen LogP) is 3.82. The molecule has 0 fully saturated rings. The molecule has 0 bridgehead atoms. The van der Waals surface area contributed by atoms with Gasteiger partial charge in [-0.05, 0) is 25.0 Å². The number of nitriles is 1. The molecule has 0 amide bonds. The third-order valence-corrected chi connectivity index (χ3v) is 3.96. The van der Waals surface area contributed by atoms with Crippen LogP contribution in [-0.2, 0) is 6.54 Å². The molecule has 27 heavy (non-hydrogen) atoms. The number of pyridine rings is 1. The van der Waals surface area contributed by atoms with Crippen molar-refractivity contribution < 1.29 is 14.6 Å². The highest BCUT2D eigenvalue weighted by atomic mass is 16.5. The second-order valence-corrected chi connectivity index (χ2v) is 6.33. The lowest BCUT2D eigenvalue weighted by molar-refractivity contribution is 0.381. The number of ether oxygens (including phenoxy) is 2. The molecule has 8 heteroatoms. The lowest BCUT2D eigenvalue weighted by Crippen LogP contribution is -2.24. The number of azo groups is 1. The van der Waals surface area contributed by atoms with Gasteiger partial charge in [-0.25, -0.2) is 0 Å². The minimum Gasteiger partial charge on any atom is -0.497 e. The Kier molecular flexibility index (Phi) is 6.19. The quantitative estimate of drug-likeness (QED) is 0.777. The summed E-state index contributed by atoms with van der Waals surface area (Å²) in [6, 6.07) is 6.94. The van der Waals surface area contributed by atoms with Crippen LogP contribution < -0.4 is 15.0 Å². The van der Waals surface area contributed by atoms with Gasteiger partial charge in [0.1, 0.15) is 28.8 Å². The summed E-state index contributed by atoms with van der Waals surface area (Å²) in [6.07, 6.45) is 0. The smallest absolute Gasteiger partial charge is 0.281 e. The first-order valence-corrected chi connectivity index (χ1v) is 8.34. The van der Waals surface area contributed by atoms with Crippen molar-refractivity contribution in [3.63, 3.8) is 0 Å². The van der Waals surface area contributed by atoms with Gasteiger partial charge in [0.25, 0.3) is 5.56 Å². The van der Waals surface area contributed by atoms with Gasteiger partial charge in [0.15, 0.2) is 5.69 Å². The molecule has 0 aliphatic carbocycles. The fourth-order valence-electron chi connectivity index (χ4n) is 2.57. The van der Waals surface area contributed by atoms with E-state index in [1.165, 1.54) is 14.2 Å². The molecule has 1 N–H and O–H groups in total. The van der Waals surface area contributed by atoms with Crippen LogP contribution in [0.3, 0.4) is 0 Å². The zero-order valence-electron chi connectivity index (χ0n) is 16.0. The summed E-state index contributed by atoms with van der Waals surface area (Å²) in [7, 11) is 3.02. The molecule has 0 radical (unpaired) electrons. The van der Waals surface area contributed by atoms with E-state index in [4.69, 9.17) is 9.47 Å². The molecule has 0 saturated heterocycles. The fraction of sp³-hybridized carbons (Fsp3) is 0.368. The van der Waals surface area contributed by atoms with Gasteiger partial charge in [-0.3, -0.25) is 9.36 Å². The maximum Gasteiger partial charge on any atom is 0.281 e. The van der Waals surface area contributed by atoms with Gasteiger partial charge >= 0.3 is 0 Å². The Labute approximate surface area is 157 Å². The molecule has 0 atom stereocenters. The Balaban J connectivity index is 2.65. The molecule has 2 aromatic rings. The number of methoxy groups -OCH3 is 2. The largest absolute Gasteiger partial charge is 0.497 e. The molecule has 0 aliphatic rings. The van der Waals surface area contributed by atoms with E-state index in [-0.39, 0.29) is 35.2 Å². The average Bonchev–Trinajstić information content (AvgIpc) is 2.65. The SMILES string of the molecule is COc1ccc(OC)c(N=Nc2c(C)c(C#N)c(O)n(CC(C)C)c2=O)c1. The molecule has 142 valence electrons. The van der Waals surface area contributed by atoms with E-state index >= 15 is 0 Å². The second-order valence-electron chi connectivity index (χ2n) is 6.33. The Morgan fingerprint density at radius 2 is 1.96 bits per heavy atom. The number of benzene rings is 1. The van der Waals surface area contributed by atoms with Crippen molar-refractivity contribution in [1.29, 1.82) is 5.26 Å². The highest BCUT2D eigenvalue weighted by Crippen LogP contribution is 2.33. The number of rotatable bonds is 6. The molecule has 1 aromatic heterocycles. The summed E-state index contributed by atoms with van der Waals surface area (Å²) >= 11 is 0. The van der Waals surface area contributed by atoms with Crippen LogP contribution in [0, 0.1) is 24.2 Å². The van der Waals surface area contributed by atoms with Gasteiger partial charge in [-0.15, -0.1) is 10.2 Å². The van der Waals surface area contributed by atoms with Gasteiger partial charge in [0.05, 0.1) is 14.2 Å². The van der Waals surface area contributed by atoms with Crippen molar-refractivity contribution in [3.05, 3.63) is 39.7 Å². The van der Waals surface area contributed by atoms with Crippen LogP contribution in [0.25, 0.3) is 0 Å². The molecule has 8 nitrogen and oxygen atoms in total. The van der Waals surface area contributed by atoms with E-state index in [1.54, 1.807) is 25.1 Å². The van der Waals surface area contributed by atoms with Crippen LogP contribution in [0.5, 0.6) is 17.4 Å². The third-order valence-electron chi connectivity index (χ3n) is 3.96. The second kappa shape index (κ2) is 8.36. The monoisotopic (exact) mass is 370 g/mol. The van der Waals surface area contributed by atoms with E-state index < -0.39 is 5.56 Å². The lowest BCUT2D eigenvalue weighted by atomic mass is 10.1. The molecule has 1 heterocycles. The first-order chi connectivity index (χ1) is 12.8. The van der Waals surface area contributed by atoms with E-state index in [2.05, 4.69) is 10.2 Å². The summed E-state index contributed by atoms with van der Waals surface area (Å²) in [5.74, 6) is 0.749. The normalized spacial score (nSPS) is 11.0. The maximum absolute atomic E-state index is 12.8. The minimum atomic E-state index is -0.511. The highest BCUT2D eigenvalue weighted by molar-refractivity contribution is 5.58. The molecule has 0 aliphatic heterocycles. The fourth-order valence-corrected chi connectivity index (χ4v) is 2.57. The van der Waals surface area contributed by atoms with Crippen LogP contribution in [-0.4, -0.2) is 23.9 Å². The third kappa shape index (κ3) is 4.08. The first kappa shape index (κ1) is 20.0. The molecule has 2 rings (SSSR count). The summed E-state index contributed by atoms with van der Waals surface area (Å²) < 4.78 is 11.6. The van der Waals surface area contributed by atoms with Crippen molar-refractivity contribution in [3.8, 4) is 23.4 Å². The lowest BCUT2D eigenvalue weighted by Gasteiger charge is -2.14. The van der Waals surface area contributed by atoms with E-state index in [0.717, 1.165) is 4.57 Å². The molecule has 0 spiro atoms. The predicted molar refractivity (Wildman–Crippen MR) is 100 cm³/mol. The summed E-state index contributed by atoms with van der Waals surface area (Å²) in [5, 5.41) is 27.9. The number of aromatic nitrogens is 1. The summed E-state index contributed by atoms with van der Waals surface area (Å²) in [5.41, 5.74) is 0.128. The molecule has 1 aromatic carbocycles. The van der Waals surface area contributed by atoms with Crippen molar-refractivity contribution in [2.75, 3.05) is 14.2 Å². The molecule has 0 unspecified atom stereocenters. The zero-order chi connectivity index (χ0) is 20.1. The highest BCUT2D eigenvalue weighted by Gasteiger charge is 2.19. The maximum atomic E-state index is 12.8. The summed E-state index contributed by atoms with van der Waals surface area (Å²) in [6.45, 7) is 5.61. The van der Waals surface area contributed by atoms with Crippen molar-refractivity contribution in [1.82, 2.24) is 4.57 Å². The number of hydrogen-bond acceptors (Lipinski definition) is 7. The number of hydrogen-bond donors (Lipinski definition) is 1. The Bertz CT molecular complexity index is 971. The first-order valence-electron chi connectivity index (χ1n) is 8.34. The van der Waals surface area contributed by atoms with Crippen LogP contribution in [0.15, 0.2) is 33.2 Å². The van der Waals surface area contributed by atoms with E-state index in [9.17, 15) is 15.2 Å². The summed E-state index contributed by atoms with van der Waals surface area (Å²) in [4.78, 5) is 12.8. The van der Waals surface area contributed by atoms with E-state index in [1.807, 2.05) is 19.9 Å². The molecular weight excluding hydrogens is 348 g/mol. The molecule has 0 saturated carbocycles. The Hall–Kier alpha value is -3.34. The topological polar surface area (TPSA) is 109 Å². The van der Waals surface area contributed by atoms with Crippen molar-refractivity contribution in [2.24, 2.45) is 16.1 Å². The van der Waals surface area contributed by atoms with Gasteiger partial charge < -0.3 is 14.6 Å². The van der Waals surface area contributed by atoms with Crippen LogP contribution in [0.2, 0.25) is 0 Å². The zero-order valence-corrected chi connectivity index (χ0v) is 16.0. The van der Waals surface area contributed by atoms with Gasteiger partial charge in [-0.1, -0.05) is 13.8 Å². The number of aromatic hydroxyl groups is 1. The van der Waals surface area contributed by atoms with Gasteiger partial charge in [-0.2, -0.15) is 5.26 Å². The van der Waals surface area contributed by atoms with Crippen LogP contribution in [0.1, 0.15) is 25.0 Å². The van der Waals surface area contributed by atoms with Crippen molar-refractivity contribution in [2.45, 2.75) is 27.3 Å².